The molecule has 1 aromatic heterocycles. The molecule has 0 fully saturated rings. The molecule has 0 aliphatic heterocycles. The first kappa shape index (κ1) is 10.2. The van der Waals surface area contributed by atoms with E-state index >= 15 is 0 Å². The summed E-state index contributed by atoms with van der Waals surface area (Å²) in [4.78, 5) is 11.5. The normalized spacial score (nSPS) is 10.5. The number of nitrogens with zero attached hydrogens (tertiary/aromatic N) is 2. The van der Waals surface area contributed by atoms with Gasteiger partial charge in [-0.25, -0.2) is 4.68 Å². The van der Waals surface area contributed by atoms with Gasteiger partial charge >= 0.3 is 0 Å². The van der Waals surface area contributed by atoms with Crippen molar-refractivity contribution in [2.45, 2.75) is 20.4 Å². The molecule has 0 spiro atoms. The Morgan fingerprint density at radius 1 is 1.46 bits per heavy atom. The second-order valence-corrected chi connectivity index (χ2v) is 3.22. The van der Waals surface area contributed by atoms with E-state index in [1.165, 1.54) is 4.68 Å². The molecule has 72 valence electrons. The highest BCUT2D eigenvalue weighted by atomic mass is 35.5. The average Bonchev–Trinajstić information content (AvgIpc) is 2.11. The van der Waals surface area contributed by atoms with Crippen LogP contribution in [0.4, 0.5) is 0 Å². The molecule has 0 aromatic carbocycles. The van der Waals surface area contributed by atoms with Crippen molar-refractivity contribution in [2.75, 3.05) is 6.54 Å². The van der Waals surface area contributed by atoms with Crippen molar-refractivity contribution in [3.8, 4) is 0 Å². The van der Waals surface area contributed by atoms with E-state index in [1.54, 1.807) is 13.8 Å². The molecule has 0 aliphatic carbocycles. The summed E-state index contributed by atoms with van der Waals surface area (Å²) >= 11 is 5.82. The summed E-state index contributed by atoms with van der Waals surface area (Å²) in [5.74, 6) is 0. The minimum Gasteiger partial charge on any atom is -0.329 e. The van der Waals surface area contributed by atoms with Gasteiger partial charge in [-0.1, -0.05) is 11.6 Å². The molecule has 0 radical (unpaired) electrons. The number of halogens is 1. The molecule has 13 heavy (non-hydrogen) atoms. The van der Waals surface area contributed by atoms with Crippen molar-refractivity contribution in [2.24, 2.45) is 5.73 Å². The molecular formula is C8H12ClN3O. The van der Waals surface area contributed by atoms with Gasteiger partial charge in [-0.3, -0.25) is 4.79 Å². The Balaban J connectivity index is 3.33. The number of hydrogen-bond acceptors (Lipinski definition) is 3. The SMILES string of the molecule is Cc1c(Cl)nn(CCN)c(=O)c1C. The monoisotopic (exact) mass is 201 g/mol. The van der Waals surface area contributed by atoms with E-state index in [-0.39, 0.29) is 5.56 Å². The largest absolute Gasteiger partial charge is 0.329 e. The number of aromatic nitrogens is 2. The van der Waals surface area contributed by atoms with Crippen LogP contribution in [0.1, 0.15) is 11.1 Å². The van der Waals surface area contributed by atoms with Crippen molar-refractivity contribution < 1.29 is 0 Å². The average molecular weight is 202 g/mol. The van der Waals surface area contributed by atoms with Crippen LogP contribution in [0.5, 0.6) is 0 Å². The summed E-state index contributed by atoms with van der Waals surface area (Å²) in [7, 11) is 0. The van der Waals surface area contributed by atoms with Gasteiger partial charge in [0, 0.05) is 12.1 Å². The summed E-state index contributed by atoms with van der Waals surface area (Å²) in [6.07, 6.45) is 0. The van der Waals surface area contributed by atoms with Gasteiger partial charge in [-0.2, -0.15) is 5.10 Å². The van der Waals surface area contributed by atoms with Gasteiger partial charge in [-0.15, -0.1) is 0 Å². The lowest BCUT2D eigenvalue weighted by Crippen LogP contribution is -2.29. The first-order valence-electron chi connectivity index (χ1n) is 4.01. The Morgan fingerprint density at radius 2 is 2.08 bits per heavy atom. The molecule has 1 aromatic rings. The lowest BCUT2D eigenvalue weighted by molar-refractivity contribution is 0.581. The van der Waals surface area contributed by atoms with Crippen LogP contribution in [-0.2, 0) is 6.54 Å². The molecule has 0 atom stereocenters. The smallest absolute Gasteiger partial charge is 0.270 e. The maximum Gasteiger partial charge on any atom is 0.270 e. The van der Waals surface area contributed by atoms with Crippen LogP contribution >= 0.6 is 11.6 Å². The summed E-state index contributed by atoms with van der Waals surface area (Å²) in [5.41, 5.74) is 6.58. The van der Waals surface area contributed by atoms with Gasteiger partial charge < -0.3 is 5.73 Å². The van der Waals surface area contributed by atoms with Gasteiger partial charge in [0.05, 0.1) is 6.54 Å². The Kier molecular flexibility index (Phi) is 3.06. The summed E-state index contributed by atoms with van der Waals surface area (Å²) in [6.45, 7) is 4.29. The maximum absolute atomic E-state index is 11.5. The van der Waals surface area contributed by atoms with E-state index in [1.807, 2.05) is 0 Å². The molecular weight excluding hydrogens is 190 g/mol. The van der Waals surface area contributed by atoms with Crippen LogP contribution < -0.4 is 11.3 Å². The van der Waals surface area contributed by atoms with Crippen molar-refractivity contribution in [1.82, 2.24) is 9.78 Å². The summed E-state index contributed by atoms with van der Waals surface area (Å²) < 4.78 is 1.30. The lowest BCUT2D eigenvalue weighted by atomic mass is 10.2. The van der Waals surface area contributed by atoms with Crippen molar-refractivity contribution in [3.05, 3.63) is 26.6 Å². The molecule has 2 N–H and O–H groups in total. The predicted octanol–water partition coefficient (Wildman–Crippen LogP) is 0.472. The first-order chi connectivity index (χ1) is 6.07. The molecule has 0 aliphatic rings. The highest BCUT2D eigenvalue weighted by molar-refractivity contribution is 6.30. The van der Waals surface area contributed by atoms with Crippen LogP contribution in [0.2, 0.25) is 5.15 Å². The Morgan fingerprint density at radius 3 is 2.62 bits per heavy atom. The molecule has 0 unspecified atom stereocenters. The quantitative estimate of drug-likeness (QED) is 0.757. The fourth-order valence-corrected chi connectivity index (χ4v) is 1.24. The van der Waals surface area contributed by atoms with E-state index in [2.05, 4.69) is 5.10 Å². The summed E-state index contributed by atoms with van der Waals surface area (Å²) in [5, 5.41) is 4.28. The third-order valence-corrected chi connectivity index (χ3v) is 2.34. The highest BCUT2D eigenvalue weighted by Gasteiger charge is 2.07. The lowest BCUT2D eigenvalue weighted by Gasteiger charge is -2.06. The van der Waals surface area contributed by atoms with Crippen LogP contribution in [0, 0.1) is 13.8 Å². The standard InChI is InChI=1S/C8H12ClN3O/c1-5-6(2)8(13)12(4-3-10)11-7(5)9/h3-4,10H2,1-2H3. The van der Waals surface area contributed by atoms with Crippen LogP contribution in [0.3, 0.4) is 0 Å². The van der Waals surface area contributed by atoms with Gasteiger partial charge in [0.2, 0.25) is 0 Å². The van der Waals surface area contributed by atoms with Crippen LogP contribution in [-0.4, -0.2) is 16.3 Å². The van der Waals surface area contributed by atoms with Crippen molar-refractivity contribution in [3.63, 3.8) is 0 Å². The van der Waals surface area contributed by atoms with Gasteiger partial charge in [0.25, 0.3) is 5.56 Å². The Hall–Kier alpha value is -0.870. The zero-order chi connectivity index (χ0) is 10.0. The molecule has 0 amide bonds. The van der Waals surface area contributed by atoms with Crippen LogP contribution in [0.25, 0.3) is 0 Å². The zero-order valence-electron chi connectivity index (χ0n) is 7.67. The molecule has 0 bridgehead atoms. The van der Waals surface area contributed by atoms with Gasteiger partial charge in [0.15, 0.2) is 5.15 Å². The van der Waals surface area contributed by atoms with E-state index in [0.29, 0.717) is 23.8 Å². The maximum atomic E-state index is 11.5. The van der Waals surface area contributed by atoms with Crippen molar-refractivity contribution >= 4 is 11.6 Å². The fraction of sp³-hybridized carbons (Fsp3) is 0.500. The first-order valence-corrected chi connectivity index (χ1v) is 4.39. The van der Waals surface area contributed by atoms with E-state index in [0.717, 1.165) is 5.56 Å². The second kappa shape index (κ2) is 3.89. The Bertz CT molecular complexity index is 372. The molecule has 1 heterocycles. The molecule has 0 saturated heterocycles. The van der Waals surface area contributed by atoms with E-state index < -0.39 is 0 Å². The summed E-state index contributed by atoms with van der Waals surface area (Å²) in [6, 6.07) is 0. The predicted molar refractivity (Wildman–Crippen MR) is 52.0 cm³/mol. The second-order valence-electron chi connectivity index (χ2n) is 2.86. The van der Waals surface area contributed by atoms with Crippen LogP contribution in [0.15, 0.2) is 4.79 Å². The number of hydrogen-bond donors (Lipinski definition) is 1. The minimum absolute atomic E-state index is 0.118. The third-order valence-electron chi connectivity index (χ3n) is 1.98. The molecule has 0 saturated carbocycles. The van der Waals surface area contributed by atoms with E-state index in [4.69, 9.17) is 17.3 Å². The fourth-order valence-electron chi connectivity index (χ4n) is 1.01. The van der Waals surface area contributed by atoms with Gasteiger partial charge in [0.1, 0.15) is 0 Å². The van der Waals surface area contributed by atoms with Gasteiger partial charge in [-0.05, 0) is 19.4 Å². The number of nitrogens with two attached hydrogens (primary N) is 1. The Labute approximate surface area is 81.3 Å². The minimum atomic E-state index is -0.118. The molecule has 5 heteroatoms. The zero-order valence-corrected chi connectivity index (χ0v) is 8.43. The third kappa shape index (κ3) is 1.89. The molecule has 1 rings (SSSR count). The van der Waals surface area contributed by atoms with Crippen molar-refractivity contribution in [1.29, 1.82) is 0 Å². The van der Waals surface area contributed by atoms with E-state index in [9.17, 15) is 4.79 Å². The highest BCUT2D eigenvalue weighted by Crippen LogP contribution is 2.11. The molecule has 4 nitrogen and oxygen atoms in total. The topological polar surface area (TPSA) is 60.9 Å². The number of rotatable bonds is 2.